The summed E-state index contributed by atoms with van der Waals surface area (Å²) >= 11 is 5.53. The highest BCUT2D eigenvalue weighted by Crippen LogP contribution is 2.43. The summed E-state index contributed by atoms with van der Waals surface area (Å²) in [5, 5.41) is 0.475. The lowest BCUT2D eigenvalue weighted by atomic mass is 9.99. The van der Waals surface area contributed by atoms with Gasteiger partial charge in [-0.1, -0.05) is 6.42 Å². The molecular formula is C14H21BrN2O2S. The zero-order valence-electron chi connectivity index (χ0n) is 11.8. The van der Waals surface area contributed by atoms with Crippen molar-refractivity contribution in [2.24, 2.45) is 5.84 Å². The summed E-state index contributed by atoms with van der Waals surface area (Å²) in [6.07, 6.45) is 3.73. The Balaban J connectivity index is 2.35. The Morgan fingerprint density at radius 3 is 2.70 bits per heavy atom. The average molecular weight is 361 g/mol. The molecule has 0 amide bonds. The van der Waals surface area contributed by atoms with E-state index in [1.54, 1.807) is 14.2 Å². The van der Waals surface area contributed by atoms with Gasteiger partial charge in [0.2, 0.25) is 0 Å². The van der Waals surface area contributed by atoms with Crippen LogP contribution < -0.4 is 20.7 Å². The molecule has 3 N–H and O–H groups in total. The van der Waals surface area contributed by atoms with Crippen molar-refractivity contribution in [1.29, 1.82) is 0 Å². The van der Waals surface area contributed by atoms with Crippen LogP contribution in [0, 0.1) is 0 Å². The second kappa shape index (κ2) is 7.54. The number of hydrogen-bond acceptors (Lipinski definition) is 5. The van der Waals surface area contributed by atoms with Gasteiger partial charge in [0.05, 0.1) is 20.3 Å². The first kappa shape index (κ1) is 15.9. The highest BCUT2D eigenvalue weighted by atomic mass is 79.9. The second-order valence-electron chi connectivity index (χ2n) is 4.75. The molecule has 0 saturated carbocycles. The molecule has 1 aromatic carbocycles. The van der Waals surface area contributed by atoms with Crippen molar-refractivity contribution in [3.63, 3.8) is 0 Å². The fraction of sp³-hybridized carbons (Fsp3) is 0.571. The summed E-state index contributed by atoms with van der Waals surface area (Å²) in [6.45, 7) is 0. The second-order valence-corrected chi connectivity index (χ2v) is 6.89. The number of benzene rings is 1. The van der Waals surface area contributed by atoms with Crippen molar-refractivity contribution in [3.05, 3.63) is 22.2 Å². The minimum Gasteiger partial charge on any atom is -0.495 e. The van der Waals surface area contributed by atoms with Crippen LogP contribution in [-0.2, 0) is 0 Å². The van der Waals surface area contributed by atoms with Crippen molar-refractivity contribution in [2.45, 2.75) is 30.6 Å². The first-order valence-electron chi connectivity index (χ1n) is 6.71. The Morgan fingerprint density at radius 2 is 2.15 bits per heavy atom. The Kier molecular flexibility index (Phi) is 6.01. The molecule has 1 aromatic rings. The Morgan fingerprint density at radius 1 is 1.35 bits per heavy atom. The number of hydrogen-bond donors (Lipinski definition) is 2. The monoisotopic (exact) mass is 360 g/mol. The first-order valence-corrected chi connectivity index (χ1v) is 8.55. The lowest BCUT2D eigenvalue weighted by Crippen LogP contribution is -2.36. The van der Waals surface area contributed by atoms with Crippen LogP contribution in [0.25, 0.3) is 0 Å². The molecule has 0 bridgehead atoms. The maximum Gasteiger partial charge on any atom is 0.141 e. The van der Waals surface area contributed by atoms with Crippen LogP contribution in [0.4, 0.5) is 0 Å². The van der Waals surface area contributed by atoms with E-state index < -0.39 is 0 Å². The van der Waals surface area contributed by atoms with E-state index in [-0.39, 0.29) is 6.04 Å². The normalized spacial score (nSPS) is 20.5. The van der Waals surface area contributed by atoms with E-state index in [4.69, 9.17) is 15.3 Å². The third-order valence-corrected chi connectivity index (χ3v) is 5.83. The summed E-state index contributed by atoms with van der Waals surface area (Å²) in [6, 6.07) is 4.06. The summed E-state index contributed by atoms with van der Waals surface area (Å²) in [7, 11) is 3.32. The predicted octanol–water partition coefficient (Wildman–Crippen LogP) is 3.26. The molecule has 4 nitrogen and oxygen atoms in total. The molecule has 0 aliphatic carbocycles. The van der Waals surface area contributed by atoms with Crippen LogP contribution >= 0.6 is 27.7 Å². The maximum absolute atomic E-state index is 5.81. The molecule has 112 valence electrons. The summed E-state index contributed by atoms with van der Waals surface area (Å²) < 4.78 is 11.7. The standard InChI is InChI=1S/C14H21BrN2O2S/c1-18-10-7-6-9(14(19-2)12(10)15)13(17-16)11-5-3-4-8-20-11/h6-7,11,13,17H,3-5,8,16H2,1-2H3. The fourth-order valence-electron chi connectivity index (χ4n) is 2.59. The molecule has 1 fully saturated rings. The lowest BCUT2D eigenvalue weighted by molar-refractivity contribution is 0.377. The summed E-state index contributed by atoms with van der Waals surface area (Å²) in [5.74, 6) is 8.56. The summed E-state index contributed by atoms with van der Waals surface area (Å²) in [5.41, 5.74) is 4.04. The predicted molar refractivity (Wildman–Crippen MR) is 87.4 cm³/mol. The third-order valence-electron chi connectivity index (χ3n) is 3.62. The van der Waals surface area contributed by atoms with Gasteiger partial charge in [0.25, 0.3) is 0 Å². The van der Waals surface area contributed by atoms with Gasteiger partial charge in [-0.15, -0.1) is 0 Å². The summed E-state index contributed by atoms with van der Waals surface area (Å²) in [4.78, 5) is 0. The largest absolute Gasteiger partial charge is 0.495 e. The number of nitrogens with one attached hydrogen (secondary N) is 1. The average Bonchev–Trinajstić information content (AvgIpc) is 2.49. The number of hydrazine groups is 1. The number of ether oxygens (including phenoxy) is 2. The number of rotatable bonds is 5. The minimum absolute atomic E-state index is 0.0810. The highest BCUT2D eigenvalue weighted by molar-refractivity contribution is 9.10. The molecule has 2 rings (SSSR count). The van der Waals surface area contributed by atoms with E-state index >= 15 is 0 Å². The van der Waals surface area contributed by atoms with Gasteiger partial charge in [0, 0.05) is 10.8 Å². The van der Waals surface area contributed by atoms with Gasteiger partial charge in [-0.3, -0.25) is 11.3 Å². The molecule has 0 radical (unpaired) electrons. The van der Waals surface area contributed by atoms with Gasteiger partial charge in [0.1, 0.15) is 16.0 Å². The molecule has 1 heterocycles. The van der Waals surface area contributed by atoms with Crippen molar-refractivity contribution >= 4 is 27.7 Å². The number of halogens is 1. The SMILES string of the molecule is COc1ccc(C(NN)C2CCCCS2)c(OC)c1Br. The van der Waals surface area contributed by atoms with E-state index in [9.17, 15) is 0 Å². The van der Waals surface area contributed by atoms with Crippen molar-refractivity contribution in [1.82, 2.24) is 5.43 Å². The zero-order chi connectivity index (χ0) is 14.5. The third kappa shape index (κ3) is 3.24. The van der Waals surface area contributed by atoms with Crippen LogP contribution in [0.5, 0.6) is 11.5 Å². The smallest absolute Gasteiger partial charge is 0.141 e. The lowest BCUT2D eigenvalue weighted by Gasteiger charge is -2.30. The molecule has 2 unspecified atom stereocenters. The molecule has 1 aliphatic rings. The molecule has 6 heteroatoms. The van der Waals surface area contributed by atoms with Crippen molar-refractivity contribution in [3.8, 4) is 11.5 Å². The van der Waals surface area contributed by atoms with Gasteiger partial charge < -0.3 is 9.47 Å². The molecule has 1 saturated heterocycles. The van der Waals surface area contributed by atoms with E-state index in [0.717, 1.165) is 21.5 Å². The van der Waals surface area contributed by atoms with E-state index in [1.807, 2.05) is 23.9 Å². The topological polar surface area (TPSA) is 56.5 Å². The van der Waals surface area contributed by atoms with Gasteiger partial charge in [0.15, 0.2) is 0 Å². The van der Waals surface area contributed by atoms with Gasteiger partial charge >= 0.3 is 0 Å². The van der Waals surface area contributed by atoms with Crippen LogP contribution in [0.2, 0.25) is 0 Å². The molecule has 2 atom stereocenters. The molecule has 0 aromatic heterocycles. The molecular weight excluding hydrogens is 340 g/mol. The van der Waals surface area contributed by atoms with Crippen LogP contribution in [0.3, 0.4) is 0 Å². The fourth-order valence-corrected chi connectivity index (χ4v) is 4.70. The Hall–Kier alpha value is -0.430. The van der Waals surface area contributed by atoms with Crippen molar-refractivity contribution < 1.29 is 9.47 Å². The molecule has 0 spiro atoms. The zero-order valence-corrected chi connectivity index (χ0v) is 14.2. The van der Waals surface area contributed by atoms with Gasteiger partial charge in [-0.05, 0) is 46.7 Å². The van der Waals surface area contributed by atoms with E-state index in [2.05, 4.69) is 21.4 Å². The first-order chi connectivity index (χ1) is 9.72. The van der Waals surface area contributed by atoms with E-state index in [0.29, 0.717) is 5.25 Å². The van der Waals surface area contributed by atoms with Crippen LogP contribution in [-0.4, -0.2) is 25.2 Å². The molecule has 20 heavy (non-hydrogen) atoms. The minimum atomic E-state index is 0.0810. The number of nitrogens with two attached hydrogens (primary N) is 1. The van der Waals surface area contributed by atoms with Gasteiger partial charge in [-0.2, -0.15) is 11.8 Å². The van der Waals surface area contributed by atoms with Crippen LogP contribution in [0.15, 0.2) is 16.6 Å². The maximum atomic E-state index is 5.81. The quantitative estimate of drug-likeness (QED) is 0.623. The van der Waals surface area contributed by atoms with Gasteiger partial charge in [-0.25, -0.2) is 0 Å². The van der Waals surface area contributed by atoms with E-state index in [1.165, 1.54) is 25.0 Å². The Labute approximate surface area is 132 Å². The molecule has 1 aliphatic heterocycles. The highest BCUT2D eigenvalue weighted by Gasteiger charge is 2.28. The Bertz CT molecular complexity index is 453. The van der Waals surface area contributed by atoms with Crippen LogP contribution in [0.1, 0.15) is 30.9 Å². The number of methoxy groups -OCH3 is 2. The van der Waals surface area contributed by atoms with Crippen molar-refractivity contribution in [2.75, 3.05) is 20.0 Å². The number of thioether (sulfide) groups is 1.